The van der Waals surface area contributed by atoms with E-state index in [1.807, 2.05) is 76.2 Å². The predicted molar refractivity (Wildman–Crippen MR) is 157 cm³/mol. The standard InChI is InChI=1S/C33H29N5O2/c1-21-6-4-7-26(16-21)34-32-28-9-3-2-8-27(28)31(35-36-32)23-12-14-24(15-13-23)33(40)37-18-22-17-25(20-37)29-10-5-11-30(39)38(29)19-22/h2-16,22,25H,17-20H2,1H3,(H,34,36)/t22-,25-/m1/s1. The summed E-state index contributed by atoms with van der Waals surface area (Å²) in [7, 11) is 0. The van der Waals surface area contributed by atoms with Gasteiger partial charge in [0.25, 0.3) is 11.5 Å². The molecule has 0 spiro atoms. The Kier molecular flexibility index (Phi) is 5.92. The van der Waals surface area contributed by atoms with Crippen molar-refractivity contribution in [2.45, 2.75) is 25.8 Å². The van der Waals surface area contributed by atoms with Gasteiger partial charge in [0.1, 0.15) is 5.69 Å². The lowest BCUT2D eigenvalue weighted by Gasteiger charge is -2.42. The van der Waals surface area contributed by atoms with Crippen LogP contribution in [0.4, 0.5) is 11.5 Å². The van der Waals surface area contributed by atoms with Gasteiger partial charge in [0.2, 0.25) is 0 Å². The van der Waals surface area contributed by atoms with Crippen LogP contribution in [0.3, 0.4) is 0 Å². The zero-order valence-electron chi connectivity index (χ0n) is 22.2. The Hall–Kier alpha value is -4.78. The number of aromatic nitrogens is 3. The van der Waals surface area contributed by atoms with Crippen molar-refractivity contribution >= 4 is 28.2 Å². The quantitative estimate of drug-likeness (QED) is 0.321. The van der Waals surface area contributed by atoms with Crippen molar-refractivity contribution in [3.8, 4) is 11.3 Å². The normalized spacial score (nSPS) is 17.9. The third-order valence-electron chi connectivity index (χ3n) is 8.14. The smallest absolute Gasteiger partial charge is 0.253 e. The minimum Gasteiger partial charge on any atom is -0.338 e. The van der Waals surface area contributed by atoms with Gasteiger partial charge in [-0.05, 0) is 55.2 Å². The number of carbonyl (C=O) groups is 1. The van der Waals surface area contributed by atoms with E-state index in [4.69, 9.17) is 0 Å². The number of hydrogen-bond acceptors (Lipinski definition) is 5. The average Bonchev–Trinajstić information content (AvgIpc) is 2.98. The summed E-state index contributed by atoms with van der Waals surface area (Å²) in [6.07, 6.45) is 1.02. The number of rotatable bonds is 4. The summed E-state index contributed by atoms with van der Waals surface area (Å²) in [6.45, 7) is 4.04. The number of hydrogen-bond donors (Lipinski definition) is 1. The Balaban J connectivity index is 1.14. The number of piperidine rings is 1. The van der Waals surface area contributed by atoms with Gasteiger partial charge in [-0.25, -0.2) is 0 Å². The lowest BCUT2D eigenvalue weighted by Crippen LogP contribution is -2.49. The monoisotopic (exact) mass is 527 g/mol. The number of nitrogens with one attached hydrogen (secondary N) is 1. The lowest BCUT2D eigenvalue weighted by atomic mass is 9.83. The van der Waals surface area contributed by atoms with Crippen molar-refractivity contribution in [3.05, 3.63) is 118 Å². The fourth-order valence-electron chi connectivity index (χ4n) is 6.28. The second-order valence-corrected chi connectivity index (χ2v) is 10.9. The maximum Gasteiger partial charge on any atom is 0.253 e. The van der Waals surface area contributed by atoms with Gasteiger partial charge in [0.15, 0.2) is 5.82 Å². The maximum atomic E-state index is 13.5. The molecule has 1 amide bonds. The Bertz CT molecular complexity index is 1810. The van der Waals surface area contributed by atoms with Crippen LogP contribution in [0.15, 0.2) is 95.8 Å². The zero-order valence-corrected chi connectivity index (χ0v) is 22.2. The van der Waals surface area contributed by atoms with Crippen LogP contribution in [0.2, 0.25) is 0 Å². The summed E-state index contributed by atoms with van der Waals surface area (Å²) in [6, 6.07) is 29.4. The van der Waals surface area contributed by atoms with E-state index >= 15 is 0 Å². The minimum absolute atomic E-state index is 0.0293. The van der Waals surface area contributed by atoms with Gasteiger partial charge in [-0.1, -0.05) is 54.6 Å². The summed E-state index contributed by atoms with van der Waals surface area (Å²) in [5.74, 6) is 1.22. The Morgan fingerprint density at radius 2 is 1.65 bits per heavy atom. The molecule has 1 fully saturated rings. The first-order valence-corrected chi connectivity index (χ1v) is 13.7. The van der Waals surface area contributed by atoms with Crippen molar-refractivity contribution in [2.24, 2.45) is 5.92 Å². The molecule has 2 aromatic heterocycles. The summed E-state index contributed by atoms with van der Waals surface area (Å²) in [5, 5.41) is 14.5. The van der Waals surface area contributed by atoms with E-state index in [-0.39, 0.29) is 17.4 Å². The molecule has 40 heavy (non-hydrogen) atoms. The minimum atomic E-state index is 0.0293. The van der Waals surface area contributed by atoms with Crippen LogP contribution >= 0.6 is 0 Å². The SMILES string of the molecule is Cc1cccc(Nc2nnc(-c3ccc(C(=O)N4C[C@H]5C[C@H](C4)c4cccc(=O)n4C5)cc3)c3ccccc23)c1. The highest BCUT2D eigenvalue weighted by Gasteiger charge is 2.36. The highest BCUT2D eigenvalue weighted by atomic mass is 16.2. The van der Waals surface area contributed by atoms with Gasteiger partial charge < -0.3 is 14.8 Å². The van der Waals surface area contributed by atoms with Crippen molar-refractivity contribution in [1.29, 1.82) is 0 Å². The third-order valence-corrected chi connectivity index (χ3v) is 8.14. The van der Waals surface area contributed by atoms with Crippen LogP contribution in [0, 0.1) is 12.8 Å². The number of likely N-dealkylation sites (tertiary alicyclic amines) is 1. The molecule has 0 unspecified atom stereocenters. The van der Waals surface area contributed by atoms with Crippen molar-refractivity contribution in [2.75, 3.05) is 18.4 Å². The van der Waals surface area contributed by atoms with Crippen LogP contribution in [0.5, 0.6) is 0 Å². The molecule has 7 heteroatoms. The lowest BCUT2D eigenvalue weighted by molar-refractivity contribution is 0.0594. The molecule has 0 radical (unpaired) electrons. The Morgan fingerprint density at radius 1 is 0.850 bits per heavy atom. The molecule has 7 rings (SSSR count). The van der Waals surface area contributed by atoms with Crippen LogP contribution in [0.1, 0.15) is 34.0 Å². The van der Waals surface area contributed by atoms with E-state index in [0.717, 1.165) is 39.8 Å². The molecule has 198 valence electrons. The molecular weight excluding hydrogens is 498 g/mol. The van der Waals surface area contributed by atoms with E-state index in [1.165, 1.54) is 5.56 Å². The summed E-state index contributed by atoms with van der Waals surface area (Å²) in [5.41, 5.74) is 5.57. The van der Waals surface area contributed by atoms with Gasteiger partial charge in [0, 0.05) is 64.9 Å². The van der Waals surface area contributed by atoms with Gasteiger partial charge >= 0.3 is 0 Å². The summed E-state index contributed by atoms with van der Waals surface area (Å²) in [4.78, 5) is 27.8. The first-order valence-electron chi connectivity index (χ1n) is 13.7. The fraction of sp³-hybridized carbons (Fsp3) is 0.212. The van der Waals surface area contributed by atoms with Crippen LogP contribution in [0.25, 0.3) is 22.0 Å². The third kappa shape index (κ3) is 4.33. The molecule has 2 bridgehead atoms. The maximum absolute atomic E-state index is 13.5. The topological polar surface area (TPSA) is 80.1 Å². The molecule has 7 nitrogen and oxygen atoms in total. The summed E-state index contributed by atoms with van der Waals surface area (Å²) < 4.78 is 1.89. The average molecular weight is 528 g/mol. The molecule has 3 aromatic carbocycles. The van der Waals surface area contributed by atoms with E-state index < -0.39 is 0 Å². The molecule has 2 atom stereocenters. The van der Waals surface area contributed by atoms with E-state index in [1.54, 1.807) is 6.07 Å². The van der Waals surface area contributed by atoms with Crippen LogP contribution in [-0.2, 0) is 6.54 Å². The zero-order chi connectivity index (χ0) is 27.2. The molecule has 1 saturated heterocycles. The fourth-order valence-corrected chi connectivity index (χ4v) is 6.28. The molecule has 1 N–H and O–H groups in total. The number of nitrogens with zero attached hydrogens (tertiary/aromatic N) is 4. The summed E-state index contributed by atoms with van der Waals surface area (Å²) >= 11 is 0. The van der Waals surface area contributed by atoms with E-state index in [9.17, 15) is 9.59 Å². The molecule has 2 aliphatic rings. The van der Waals surface area contributed by atoms with Crippen molar-refractivity contribution in [3.63, 3.8) is 0 Å². The molecule has 5 aromatic rings. The number of carbonyl (C=O) groups excluding carboxylic acids is 1. The Morgan fingerprint density at radius 3 is 2.48 bits per heavy atom. The largest absolute Gasteiger partial charge is 0.338 e. The number of fused-ring (bicyclic) bond motifs is 5. The number of benzene rings is 3. The highest BCUT2D eigenvalue weighted by molar-refractivity contribution is 6.01. The molecule has 0 aliphatic carbocycles. The number of pyridine rings is 1. The van der Waals surface area contributed by atoms with Crippen LogP contribution in [-0.4, -0.2) is 38.7 Å². The van der Waals surface area contributed by atoms with Gasteiger partial charge in [-0.2, -0.15) is 0 Å². The van der Waals surface area contributed by atoms with Crippen molar-refractivity contribution < 1.29 is 4.79 Å². The van der Waals surface area contributed by atoms with E-state index in [0.29, 0.717) is 36.9 Å². The molecular formula is C33H29N5O2. The van der Waals surface area contributed by atoms with Crippen LogP contribution < -0.4 is 10.9 Å². The predicted octanol–water partition coefficient (Wildman–Crippen LogP) is 5.77. The number of amides is 1. The van der Waals surface area contributed by atoms with Gasteiger partial charge in [-0.15, -0.1) is 10.2 Å². The van der Waals surface area contributed by atoms with E-state index in [2.05, 4.69) is 40.6 Å². The Labute approximate surface area is 232 Å². The second-order valence-electron chi connectivity index (χ2n) is 10.9. The highest BCUT2D eigenvalue weighted by Crippen LogP contribution is 2.36. The molecule has 0 saturated carbocycles. The molecule has 2 aliphatic heterocycles. The number of aryl methyl sites for hydroxylation is 1. The van der Waals surface area contributed by atoms with Crippen molar-refractivity contribution in [1.82, 2.24) is 19.7 Å². The molecule has 4 heterocycles. The number of anilines is 2. The van der Waals surface area contributed by atoms with Gasteiger partial charge in [-0.3, -0.25) is 9.59 Å². The first kappa shape index (κ1) is 24.3. The second kappa shape index (κ2) is 9.75. The first-order chi connectivity index (χ1) is 19.5. The van der Waals surface area contributed by atoms with Gasteiger partial charge in [0.05, 0.1) is 0 Å².